The minimum Gasteiger partial charge on any atom is -0.368 e. The number of nitrogens with zero attached hydrogens (tertiary/aromatic N) is 6. The van der Waals surface area contributed by atoms with Crippen molar-refractivity contribution in [3.63, 3.8) is 0 Å². The molecule has 1 aliphatic carbocycles. The minimum absolute atomic E-state index is 0.0367. The van der Waals surface area contributed by atoms with Gasteiger partial charge in [-0.3, -0.25) is 29.2 Å². The largest absolute Gasteiger partial charge is 0.368 e. The summed E-state index contributed by atoms with van der Waals surface area (Å²) in [5.74, 6) is -0.753. The number of hydrogen-bond donors (Lipinski definition) is 1. The number of piperazine rings is 1. The number of likely N-dealkylation sites (N-methyl/N-ethyl adjacent to an activating group) is 1. The van der Waals surface area contributed by atoms with E-state index in [-0.39, 0.29) is 41.7 Å². The summed E-state index contributed by atoms with van der Waals surface area (Å²) < 4.78 is 1.50. The summed E-state index contributed by atoms with van der Waals surface area (Å²) in [7, 11) is 0. The zero-order chi connectivity index (χ0) is 27.0. The van der Waals surface area contributed by atoms with Crippen molar-refractivity contribution in [2.24, 2.45) is 0 Å². The highest BCUT2D eigenvalue weighted by atomic mass is 16.6. The van der Waals surface area contributed by atoms with Gasteiger partial charge in [-0.15, -0.1) is 0 Å². The molecule has 38 heavy (non-hydrogen) atoms. The van der Waals surface area contributed by atoms with Crippen LogP contribution in [0.1, 0.15) is 60.5 Å². The van der Waals surface area contributed by atoms with Crippen molar-refractivity contribution >= 4 is 29.1 Å². The number of carbonyl (C=O) groups is 3. The molecule has 1 aromatic heterocycles. The quantitative estimate of drug-likeness (QED) is 0.452. The summed E-state index contributed by atoms with van der Waals surface area (Å²) in [5, 5.41) is 18.5. The molecule has 0 bridgehead atoms. The third kappa shape index (κ3) is 4.59. The van der Waals surface area contributed by atoms with Gasteiger partial charge in [0.05, 0.1) is 11.5 Å². The Morgan fingerprint density at radius 3 is 2.39 bits per heavy atom. The van der Waals surface area contributed by atoms with Gasteiger partial charge < -0.3 is 20.0 Å². The molecule has 5 rings (SSSR count). The Labute approximate surface area is 220 Å². The Bertz CT molecular complexity index is 1250. The number of amides is 3. The summed E-state index contributed by atoms with van der Waals surface area (Å²) in [6, 6.07) is 8.04. The molecule has 0 radical (unpaired) electrons. The smallest absolute Gasteiger partial charge is 0.274 e. The third-order valence-electron chi connectivity index (χ3n) is 8.01. The summed E-state index contributed by atoms with van der Waals surface area (Å²) in [6.07, 6.45) is 4.08. The van der Waals surface area contributed by atoms with Gasteiger partial charge in [0.25, 0.3) is 17.5 Å². The fourth-order valence-electron chi connectivity index (χ4n) is 5.77. The van der Waals surface area contributed by atoms with E-state index in [2.05, 4.69) is 15.3 Å². The summed E-state index contributed by atoms with van der Waals surface area (Å²) in [4.78, 5) is 55.9. The van der Waals surface area contributed by atoms with Crippen LogP contribution in [0.2, 0.25) is 0 Å². The van der Waals surface area contributed by atoms with E-state index >= 15 is 0 Å². The lowest BCUT2D eigenvalue weighted by atomic mass is 9.94. The number of benzene rings is 1. The molecule has 1 saturated carbocycles. The number of non-ortho nitro benzene ring substituents is 1. The van der Waals surface area contributed by atoms with Gasteiger partial charge in [0.15, 0.2) is 5.69 Å². The lowest BCUT2D eigenvalue weighted by Crippen LogP contribution is -2.64. The highest BCUT2D eigenvalue weighted by Gasteiger charge is 2.48. The number of nitrogens with one attached hydrogen (secondary N) is 1. The average Bonchev–Trinajstić information content (AvgIpc) is 3.59. The SMILES string of the molecule is CCN1C(=O)c2cc(C(=O)N3CCN(c4ccc([N+](=O)[O-])cc4)CC3)nn2C[C@]1(C)C(=O)NC1CCCC1. The van der Waals surface area contributed by atoms with Crippen molar-refractivity contribution in [2.45, 2.75) is 57.7 Å². The molecular formula is C26H33N7O5. The molecule has 3 amide bonds. The van der Waals surface area contributed by atoms with E-state index in [4.69, 9.17) is 0 Å². The van der Waals surface area contributed by atoms with E-state index in [9.17, 15) is 24.5 Å². The van der Waals surface area contributed by atoms with Gasteiger partial charge in [0, 0.05) is 62.7 Å². The number of rotatable bonds is 6. The second kappa shape index (κ2) is 10.1. The molecule has 3 heterocycles. The summed E-state index contributed by atoms with van der Waals surface area (Å²) >= 11 is 0. The molecule has 1 aromatic carbocycles. The lowest BCUT2D eigenvalue weighted by molar-refractivity contribution is -0.384. The van der Waals surface area contributed by atoms with Gasteiger partial charge in [0.2, 0.25) is 5.91 Å². The van der Waals surface area contributed by atoms with Crippen LogP contribution in [0.25, 0.3) is 0 Å². The number of hydrogen-bond acceptors (Lipinski definition) is 7. The Kier molecular flexibility index (Phi) is 6.80. The van der Waals surface area contributed by atoms with Crippen molar-refractivity contribution in [3.05, 3.63) is 51.8 Å². The van der Waals surface area contributed by atoms with E-state index in [1.165, 1.54) is 22.9 Å². The van der Waals surface area contributed by atoms with Gasteiger partial charge in [-0.1, -0.05) is 12.8 Å². The molecule has 2 aliphatic heterocycles. The van der Waals surface area contributed by atoms with Crippen molar-refractivity contribution in [2.75, 3.05) is 37.6 Å². The van der Waals surface area contributed by atoms with E-state index in [0.717, 1.165) is 31.4 Å². The monoisotopic (exact) mass is 523 g/mol. The first kappa shape index (κ1) is 25.7. The van der Waals surface area contributed by atoms with Gasteiger partial charge in [-0.2, -0.15) is 5.10 Å². The molecule has 202 valence electrons. The number of anilines is 1. The lowest BCUT2D eigenvalue weighted by Gasteiger charge is -2.43. The molecule has 12 heteroatoms. The maximum absolute atomic E-state index is 13.4. The first-order chi connectivity index (χ1) is 18.2. The molecule has 2 aromatic rings. The zero-order valence-electron chi connectivity index (χ0n) is 21.8. The fraction of sp³-hybridized carbons (Fsp3) is 0.538. The van der Waals surface area contributed by atoms with Crippen molar-refractivity contribution in [1.82, 2.24) is 24.9 Å². The molecule has 2 fully saturated rings. The highest BCUT2D eigenvalue weighted by molar-refractivity contribution is 6.02. The average molecular weight is 524 g/mol. The Hall–Kier alpha value is -3.96. The van der Waals surface area contributed by atoms with Crippen LogP contribution in [0.3, 0.4) is 0 Å². The second-order valence-electron chi connectivity index (χ2n) is 10.4. The van der Waals surface area contributed by atoms with Gasteiger partial charge >= 0.3 is 0 Å². The van der Waals surface area contributed by atoms with Gasteiger partial charge in [-0.25, -0.2) is 0 Å². The van der Waals surface area contributed by atoms with E-state index in [0.29, 0.717) is 38.4 Å². The number of carbonyl (C=O) groups excluding carboxylic acids is 3. The zero-order valence-corrected chi connectivity index (χ0v) is 21.8. The molecule has 1 N–H and O–H groups in total. The van der Waals surface area contributed by atoms with Crippen LogP contribution >= 0.6 is 0 Å². The molecule has 1 saturated heterocycles. The van der Waals surface area contributed by atoms with Crippen LogP contribution in [-0.4, -0.2) is 86.5 Å². The van der Waals surface area contributed by atoms with Crippen molar-refractivity contribution in [3.8, 4) is 0 Å². The van der Waals surface area contributed by atoms with Crippen molar-refractivity contribution in [1.29, 1.82) is 0 Å². The summed E-state index contributed by atoms with van der Waals surface area (Å²) in [5.41, 5.74) is 0.305. The molecule has 0 unspecified atom stereocenters. The third-order valence-corrected chi connectivity index (χ3v) is 8.01. The topological polar surface area (TPSA) is 134 Å². The number of nitro benzene ring substituents is 1. The van der Waals surface area contributed by atoms with Crippen LogP contribution < -0.4 is 10.2 Å². The first-order valence-electron chi connectivity index (χ1n) is 13.2. The van der Waals surface area contributed by atoms with E-state index in [1.54, 1.807) is 28.9 Å². The predicted molar refractivity (Wildman–Crippen MR) is 139 cm³/mol. The minimum atomic E-state index is -1.09. The van der Waals surface area contributed by atoms with Crippen LogP contribution in [0.4, 0.5) is 11.4 Å². The van der Waals surface area contributed by atoms with Gasteiger partial charge in [0.1, 0.15) is 11.2 Å². The van der Waals surface area contributed by atoms with Crippen LogP contribution in [0.5, 0.6) is 0 Å². The Morgan fingerprint density at radius 2 is 1.79 bits per heavy atom. The maximum Gasteiger partial charge on any atom is 0.274 e. The molecule has 1 atom stereocenters. The van der Waals surface area contributed by atoms with Crippen molar-refractivity contribution < 1.29 is 19.3 Å². The number of nitro groups is 1. The number of fused-ring (bicyclic) bond motifs is 1. The first-order valence-corrected chi connectivity index (χ1v) is 13.2. The molecule has 3 aliphatic rings. The van der Waals surface area contributed by atoms with E-state index < -0.39 is 10.5 Å². The fourth-order valence-corrected chi connectivity index (χ4v) is 5.77. The van der Waals surface area contributed by atoms with Crippen LogP contribution in [0, 0.1) is 10.1 Å². The predicted octanol–water partition coefficient (Wildman–Crippen LogP) is 2.05. The van der Waals surface area contributed by atoms with Crippen LogP contribution in [0.15, 0.2) is 30.3 Å². The summed E-state index contributed by atoms with van der Waals surface area (Å²) in [6.45, 7) is 6.21. The highest BCUT2D eigenvalue weighted by Crippen LogP contribution is 2.29. The normalized spacial score (nSPS) is 21.9. The Balaban J connectivity index is 1.28. The number of aromatic nitrogens is 2. The second-order valence-corrected chi connectivity index (χ2v) is 10.4. The standard InChI is InChI=1S/C26H33N7O5/c1-3-31-24(35)22-16-21(28-32(22)17-26(31,2)25(36)27-18-6-4-5-7-18)23(34)30-14-12-29(13-15-30)19-8-10-20(11-9-19)33(37)38/h8-11,16,18H,3-7,12-15,17H2,1-2H3,(H,27,36)/t26-/m1/s1. The Morgan fingerprint density at radius 1 is 1.13 bits per heavy atom. The van der Waals surface area contributed by atoms with Gasteiger partial charge in [-0.05, 0) is 38.8 Å². The molecule has 12 nitrogen and oxygen atoms in total. The molecular weight excluding hydrogens is 490 g/mol. The molecule has 0 spiro atoms. The van der Waals surface area contributed by atoms with E-state index in [1.807, 2.05) is 6.92 Å². The maximum atomic E-state index is 13.4. The van der Waals surface area contributed by atoms with Crippen LogP contribution in [-0.2, 0) is 11.3 Å².